The van der Waals surface area contributed by atoms with Gasteiger partial charge in [0, 0.05) is 0 Å². The van der Waals surface area contributed by atoms with E-state index in [-0.39, 0.29) is 0 Å². The molecule has 2 saturated heterocycles. The van der Waals surface area contributed by atoms with Gasteiger partial charge >= 0.3 is 11.9 Å². The molecule has 0 aliphatic carbocycles. The van der Waals surface area contributed by atoms with Crippen molar-refractivity contribution in [3.05, 3.63) is 12.3 Å². The maximum Gasteiger partial charge on any atom is 0.432 e. The van der Waals surface area contributed by atoms with Crippen LogP contribution < -0.4 is 5.32 Å². The fourth-order valence-electron chi connectivity index (χ4n) is 3.74. The first kappa shape index (κ1) is 21.2. The Morgan fingerprint density at radius 2 is 1.93 bits per heavy atom. The number of quaternary nitrogens is 1. The molecule has 3 amide bonds. The molecule has 3 aliphatic heterocycles. The number of alkyl halides is 1. The molecule has 3 unspecified atom stereocenters. The summed E-state index contributed by atoms with van der Waals surface area (Å²) in [5, 5.41) is 61.6. The number of halogens is 1. The van der Waals surface area contributed by atoms with E-state index in [1.165, 1.54) is 6.92 Å². The molecule has 3 aliphatic rings. The van der Waals surface area contributed by atoms with Crippen molar-refractivity contribution in [2.24, 2.45) is 0 Å². The average Bonchev–Trinajstić information content (AvgIpc) is 3.04. The quantitative estimate of drug-likeness (QED) is 0.227. The highest BCUT2D eigenvalue weighted by Gasteiger charge is 2.72. The number of amides is 3. The topological polar surface area (TPSA) is 186 Å². The Morgan fingerprint density at radius 3 is 2.39 bits per heavy atom. The molecule has 158 valence electrons. The Bertz CT molecular complexity index is 688. The number of carbonyl (C=O) groups is 2. The number of aliphatic hydroxyl groups is 6. The predicted molar refractivity (Wildman–Crippen MR) is 83.1 cm³/mol. The van der Waals surface area contributed by atoms with Crippen LogP contribution in [0, 0.1) is 0 Å². The molecule has 2 fully saturated rings. The largest absolute Gasteiger partial charge is 0.432 e. The number of hydrogen-bond donors (Lipinski definition) is 7. The van der Waals surface area contributed by atoms with E-state index in [1.807, 2.05) is 5.32 Å². The van der Waals surface area contributed by atoms with Crippen LogP contribution in [0.5, 0.6) is 0 Å². The maximum atomic E-state index is 15.0. The summed E-state index contributed by atoms with van der Waals surface area (Å²) in [5.74, 6) is -4.51. The van der Waals surface area contributed by atoms with Crippen molar-refractivity contribution in [3.8, 4) is 0 Å². The SMILES string of the molecule is CC(O)[C@H]1OC([N+]2([C@@H]3O[C@H](CO)[C@@H](O)[C@]3(O)F)C=CC(=O)NC2=O)[C@@H](O)[C@@H]1O. The van der Waals surface area contributed by atoms with Crippen LogP contribution in [-0.4, -0.2) is 109 Å². The molecule has 0 aromatic heterocycles. The Morgan fingerprint density at radius 1 is 1.29 bits per heavy atom. The van der Waals surface area contributed by atoms with Gasteiger partial charge in [-0.2, -0.15) is 8.87 Å². The molecule has 10 atom stereocenters. The van der Waals surface area contributed by atoms with Crippen molar-refractivity contribution >= 4 is 11.9 Å². The summed E-state index contributed by atoms with van der Waals surface area (Å²) in [6.45, 7) is 0.327. The lowest BCUT2D eigenvalue weighted by Gasteiger charge is -2.43. The van der Waals surface area contributed by atoms with E-state index < -0.39 is 78.0 Å². The summed E-state index contributed by atoms with van der Waals surface area (Å²) in [7, 11) is 0. The van der Waals surface area contributed by atoms with Gasteiger partial charge in [-0.1, -0.05) is 0 Å². The van der Waals surface area contributed by atoms with E-state index in [0.29, 0.717) is 0 Å². The fraction of sp³-hybridized carbons (Fsp3) is 0.733. The van der Waals surface area contributed by atoms with Crippen molar-refractivity contribution < 1.29 is 58.6 Å². The van der Waals surface area contributed by atoms with Gasteiger partial charge in [0.25, 0.3) is 12.1 Å². The summed E-state index contributed by atoms with van der Waals surface area (Å²) in [6, 6.07) is -1.29. The predicted octanol–water partition coefficient (Wildman–Crippen LogP) is -3.87. The minimum atomic E-state index is -3.62. The van der Waals surface area contributed by atoms with Gasteiger partial charge in [0.2, 0.25) is 6.23 Å². The number of carbonyl (C=O) groups excluding carboxylic acids is 2. The van der Waals surface area contributed by atoms with Crippen LogP contribution in [0.15, 0.2) is 12.3 Å². The van der Waals surface area contributed by atoms with Gasteiger partial charge in [-0.15, -0.1) is 0 Å². The smallest absolute Gasteiger partial charge is 0.394 e. The molecule has 28 heavy (non-hydrogen) atoms. The summed E-state index contributed by atoms with van der Waals surface area (Å²) < 4.78 is 24.1. The van der Waals surface area contributed by atoms with Crippen LogP contribution in [0.1, 0.15) is 6.92 Å². The molecule has 13 heteroatoms. The van der Waals surface area contributed by atoms with E-state index in [4.69, 9.17) is 9.47 Å². The molecule has 0 aromatic carbocycles. The van der Waals surface area contributed by atoms with Crippen LogP contribution in [0.25, 0.3) is 0 Å². The number of rotatable bonds is 4. The molecule has 7 N–H and O–H groups in total. The molecule has 0 spiro atoms. The third-order valence-electron chi connectivity index (χ3n) is 5.21. The van der Waals surface area contributed by atoms with Crippen molar-refractivity contribution in [1.29, 1.82) is 0 Å². The number of nitrogens with zero attached hydrogens (tertiary/aromatic N) is 1. The minimum absolute atomic E-state index is 0.786. The molecular formula is C15H22FN2O10+. The highest BCUT2D eigenvalue weighted by Crippen LogP contribution is 2.44. The summed E-state index contributed by atoms with van der Waals surface area (Å²) in [5.41, 5.74) is 0. The molecule has 3 heterocycles. The van der Waals surface area contributed by atoms with E-state index in [2.05, 4.69) is 0 Å². The summed E-state index contributed by atoms with van der Waals surface area (Å²) >= 11 is 0. The fourth-order valence-corrected chi connectivity index (χ4v) is 3.74. The van der Waals surface area contributed by atoms with Gasteiger partial charge in [0.15, 0.2) is 12.2 Å². The van der Waals surface area contributed by atoms with Gasteiger partial charge < -0.3 is 40.1 Å². The van der Waals surface area contributed by atoms with Gasteiger partial charge in [0.1, 0.15) is 24.5 Å². The summed E-state index contributed by atoms with van der Waals surface area (Å²) in [4.78, 5) is 24.3. The van der Waals surface area contributed by atoms with Crippen molar-refractivity contribution in [2.75, 3.05) is 6.61 Å². The van der Waals surface area contributed by atoms with Crippen LogP contribution >= 0.6 is 0 Å². The number of ether oxygens (including phenoxy) is 2. The third-order valence-corrected chi connectivity index (χ3v) is 5.21. The zero-order valence-corrected chi connectivity index (χ0v) is 14.6. The van der Waals surface area contributed by atoms with Gasteiger partial charge in [0.05, 0.1) is 18.8 Å². The normalized spacial score (nSPS) is 50.1. The molecule has 12 nitrogen and oxygen atoms in total. The first-order valence-electron chi connectivity index (χ1n) is 8.46. The van der Waals surface area contributed by atoms with E-state index in [0.717, 1.165) is 12.3 Å². The first-order valence-corrected chi connectivity index (χ1v) is 8.46. The van der Waals surface area contributed by atoms with Gasteiger partial charge in [-0.05, 0) is 6.92 Å². The van der Waals surface area contributed by atoms with Crippen LogP contribution in [0.3, 0.4) is 0 Å². The lowest BCUT2D eigenvalue weighted by atomic mass is 10.0. The van der Waals surface area contributed by atoms with Crippen molar-refractivity contribution in [2.45, 2.75) is 61.9 Å². The molecular weight excluding hydrogens is 387 g/mol. The molecule has 3 rings (SSSR count). The number of aliphatic hydroxyl groups excluding tert-OH is 5. The Kier molecular flexibility index (Phi) is 5.33. The lowest BCUT2D eigenvalue weighted by Crippen LogP contribution is -2.73. The first-order chi connectivity index (χ1) is 13.0. The zero-order chi connectivity index (χ0) is 21.0. The highest BCUT2D eigenvalue weighted by atomic mass is 19.2. The second-order valence-corrected chi connectivity index (χ2v) is 7.04. The van der Waals surface area contributed by atoms with Crippen molar-refractivity contribution in [1.82, 2.24) is 5.32 Å². The number of nitrogens with one attached hydrogen (secondary N) is 1. The van der Waals surface area contributed by atoms with Crippen LogP contribution in [0.4, 0.5) is 9.18 Å². The number of urea groups is 1. The highest BCUT2D eigenvalue weighted by molar-refractivity contribution is 6.00. The van der Waals surface area contributed by atoms with Gasteiger partial charge in [-0.3, -0.25) is 4.79 Å². The second-order valence-electron chi connectivity index (χ2n) is 7.04. The van der Waals surface area contributed by atoms with E-state index in [1.54, 1.807) is 0 Å². The monoisotopic (exact) mass is 409 g/mol. The Hall–Kier alpha value is -1.55. The lowest BCUT2D eigenvalue weighted by molar-refractivity contribution is -0.911. The Labute approximate surface area is 157 Å². The zero-order valence-electron chi connectivity index (χ0n) is 14.6. The molecule has 0 saturated carbocycles. The number of imide groups is 1. The Balaban J connectivity index is 2.12. The minimum Gasteiger partial charge on any atom is -0.394 e. The van der Waals surface area contributed by atoms with E-state index in [9.17, 15) is 40.2 Å². The maximum absolute atomic E-state index is 15.0. The molecule has 0 bridgehead atoms. The van der Waals surface area contributed by atoms with E-state index >= 15 is 4.39 Å². The van der Waals surface area contributed by atoms with Gasteiger partial charge in [-0.25, -0.2) is 10.1 Å². The molecule has 0 aromatic rings. The summed E-state index contributed by atoms with van der Waals surface area (Å²) in [6.07, 6.45) is -12.7. The standard InChI is InChI=1S/C15H21FN2O10/c1-5(20)10-8(22)9(23)12(28-10)18(3-2-7(21)17-14(18)25)13-15(16,26)11(24)6(4-19)27-13/h2-3,5-6,8-13,19-20,22-24,26H,4H2,1H3/p+1/t5?,6-,8+,9+,10-,11-,12?,13-,15-,18?/m1/s1. The second kappa shape index (κ2) is 7.05. The number of hydrogen-bond acceptors (Lipinski definition) is 10. The van der Waals surface area contributed by atoms with Crippen LogP contribution in [0.2, 0.25) is 0 Å². The third kappa shape index (κ3) is 2.87. The molecule has 0 radical (unpaired) electrons. The average molecular weight is 409 g/mol. The van der Waals surface area contributed by atoms with Crippen molar-refractivity contribution in [3.63, 3.8) is 0 Å². The van der Waals surface area contributed by atoms with Crippen LogP contribution in [-0.2, 0) is 14.3 Å².